The highest BCUT2D eigenvalue weighted by molar-refractivity contribution is 7.80. The highest BCUT2D eigenvalue weighted by Gasteiger charge is 2.29. The molecule has 1 aromatic carbocycles. The third kappa shape index (κ3) is 2.61. The van der Waals surface area contributed by atoms with Crippen molar-refractivity contribution in [2.45, 2.75) is 0 Å². The Morgan fingerprint density at radius 1 is 1.14 bits per heavy atom. The minimum absolute atomic E-state index is 0.0546. The van der Waals surface area contributed by atoms with Crippen molar-refractivity contribution in [2.75, 3.05) is 5.32 Å². The number of nitrogens with one attached hydrogen (secondary N) is 3. The van der Waals surface area contributed by atoms with Gasteiger partial charge >= 0.3 is 0 Å². The van der Waals surface area contributed by atoms with Gasteiger partial charge in [-0.2, -0.15) is 0 Å². The maximum Gasteiger partial charge on any atom is 0.267 e. The van der Waals surface area contributed by atoms with Crippen molar-refractivity contribution < 1.29 is 14.4 Å². The summed E-state index contributed by atoms with van der Waals surface area (Å²) in [5.41, 5.74) is 0.875. The van der Waals surface area contributed by atoms with E-state index in [9.17, 15) is 14.4 Å². The minimum Gasteiger partial charge on any atom is -0.332 e. The first-order valence-corrected chi connectivity index (χ1v) is 7.49. The zero-order valence-electron chi connectivity index (χ0n) is 11.0. The van der Waals surface area contributed by atoms with Crippen LogP contribution in [-0.4, -0.2) is 22.8 Å². The summed E-state index contributed by atoms with van der Waals surface area (Å²) in [5, 5.41) is 9.35. The second-order valence-electron chi connectivity index (χ2n) is 4.40. The third-order valence-corrected chi connectivity index (χ3v) is 4.06. The third-order valence-electron chi connectivity index (χ3n) is 2.98. The molecule has 0 aliphatic carbocycles. The molecule has 2 heterocycles. The number of carbonyl (C=O) groups is 3. The molecule has 1 aromatic heterocycles. The normalized spacial score (nSPS) is 12.5. The summed E-state index contributed by atoms with van der Waals surface area (Å²) in [6.45, 7) is 0. The number of rotatable bonds is 2. The standard InChI is InChI=1S/C14H9N3O3S2/c18-11-7-3-1-4-8(10(7)13(20)16-11)15-14(21)17-12(19)9-5-2-6-22-9/h1-6H,(H,16,18,20)(H2,15,17,19,21). The fourth-order valence-corrected chi connectivity index (χ4v) is 2.87. The Morgan fingerprint density at radius 2 is 1.95 bits per heavy atom. The SMILES string of the molecule is O=C(NC(=S)Nc1cccc2c1C(=O)NC2=O)c1cccs1. The van der Waals surface area contributed by atoms with E-state index in [4.69, 9.17) is 12.2 Å². The average molecular weight is 331 g/mol. The molecule has 1 aliphatic rings. The van der Waals surface area contributed by atoms with Crippen molar-refractivity contribution in [2.24, 2.45) is 0 Å². The zero-order valence-corrected chi connectivity index (χ0v) is 12.6. The Hall–Kier alpha value is -2.58. The first-order valence-electron chi connectivity index (χ1n) is 6.21. The number of carbonyl (C=O) groups excluding carboxylic acids is 3. The number of hydrogen-bond donors (Lipinski definition) is 3. The predicted molar refractivity (Wildman–Crippen MR) is 86.2 cm³/mol. The van der Waals surface area contributed by atoms with Crippen LogP contribution in [0.25, 0.3) is 0 Å². The molecule has 1 aliphatic heterocycles. The quantitative estimate of drug-likeness (QED) is 0.576. The molecule has 3 rings (SSSR count). The molecular weight excluding hydrogens is 322 g/mol. The number of anilines is 1. The smallest absolute Gasteiger partial charge is 0.267 e. The number of fused-ring (bicyclic) bond motifs is 1. The molecular formula is C14H9N3O3S2. The van der Waals surface area contributed by atoms with Gasteiger partial charge in [0.25, 0.3) is 17.7 Å². The van der Waals surface area contributed by atoms with Crippen LogP contribution < -0.4 is 16.0 Å². The molecule has 22 heavy (non-hydrogen) atoms. The van der Waals surface area contributed by atoms with Gasteiger partial charge in [0.15, 0.2) is 5.11 Å². The van der Waals surface area contributed by atoms with Gasteiger partial charge in [-0.3, -0.25) is 25.0 Å². The van der Waals surface area contributed by atoms with Crippen LogP contribution in [-0.2, 0) is 0 Å². The minimum atomic E-state index is -0.490. The highest BCUT2D eigenvalue weighted by atomic mass is 32.1. The Bertz CT molecular complexity index is 800. The summed E-state index contributed by atoms with van der Waals surface area (Å²) in [6.07, 6.45) is 0. The Labute approximate surface area is 134 Å². The summed E-state index contributed by atoms with van der Waals surface area (Å²) < 4.78 is 0. The van der Waals surface area contributed by atoms with Gasteiger partial charge < -0.3 is 5.32 Å². The van der Waals surface area contributed by atoms with Gasteiger partial charge in [0.2, 0.25) is 0 Å². The van der Waals surface area contributed by atoms with Crippen molar-refractivity contribution >= 4 is 52.1 Å². The second kappa shape index (κ2) is 5.66. The summed E-state index contributed by atoms with van der Waals surface area (Å²) in [4.78, 5) is 35.8. The molecule has 0 spiro atoms. The summed E-state index contributed by atoms with van der Waals surface area (Å²) in [5.74, 6) is -1.27. The van der Waals surface area contributed by atoms with E-state index in [0.29, 0.717) is 10.6 Å². The largest absolute Gasteiger partial charge is 0.332 e. The zero-order chi connectivity index (χ0) is 15.7. The van der Waals surface area contributed by atoms with E-state index < -0.39 is 11.8 Å². The molecule has 0 unspecified atom stereocenters. The fraction of sp³-hybridized carbons (Fsp3) is 0. The van der Waals surface area contributed by atoms with Crippen molar-refractivity contribution in [1.82, 2.24) is 10.6 Å². The summed E-state index contributed by atoms with van der Waals surface area (Å²) in [7, 11) is 0. The molecule has 0 atom stereocenters. The van der Waals surface area contributed by atoms with Crippen molar-refractivity contribution in [3.63, 3.8) is 0 Å². The molecule has 2 aromatic rings. The second-order valence-corrected chi connectivity index (χ2v) is 5.75. The number of hydrogen-bond acceptors (Lipinski definition) is 5. The van der Waals surface area contributed by atoms with E-state index in [-0.39, 0.29) is 22.1 Å². The van der Waals surface area contributed by atoms with Gasteiger partial charge in [-0.05, 0) is 35.8 Å². The van der Waals surface area contributed by atoms with Crippen LogP contribution in [0.2, 0.25) is 0 Å². The van der Waals surface area contributed by atoms with Crippen LogP contribution in [0, 0.1) is 0 Å². The molecule has 3 amide bonds. The molecule has 8 heteroatoms. The average Bonchev–Trinajstić information content (AvgIpc) is 3.09. The lowest BCUT2D eigenvalue weighted by Gasteiger charge is -2.11. The number of thiophene rings is 1. The first-order chi connectivity index (χ1) is 10.6. The summed E-state index contributed by atoms with van der Waals surface area (Å²) in [6, 6.07) is 8.22. The van der Waals surface area contributed by atoms with Gasteiger partial charge in [-0.15, -0.1) is 11.3 Å². The maximum atomic E-state index is 11.9. The predicted octanol–water partition coefficient (Wildman–Crippen LogP) is 1.76. The summed E-state index contributed by atoms with van der Waals surface area (Å²) >= 11 is 6.36. The van der Waals surface area contributed by atoms with E-state index in [1.807, 2.05) is 0 Å². The number of thiocarbonyl (C=S) groups is 1. The van der Waals surface area contributed by atoms with Crippen molar-refractivity contribution in [1.29, 1.82) is 0 Å². The molecule has 6 nitrogen and oxygen atoms in total. The Kier molecular flexibility index (Phi) is 3.70. The monoisotopic (exact) mass is 331 g/mol. The van der Waals surface area contributed by atoms with Crippen LogP contribution >= 0.6 is 23.6 Å². The van der Waals surface area contributed by atoms with Crippen LogP contribution in [0.1, 0.15) is 30.4 Å². The molecule has 0 radical (unpaired) electrons. The Balaban J connectivity index is 1.77. The number of amides is 3. The number of imide groups is 1. The highest BCUT2D eigenvalue weighted by Crippen LogP contribution is 2.24. The van der Waals surface area contributed by atoms with E-state index in [0.717, 1.165) is 0 Å². The molecule has 3 N–H and O–H groups in total. The molecule has 0 saturated heterocycles. The number of benzene rings is 1. The van der Waals surface area contributed by atoms with Gasteiger partial charge in [0, 0.05) is 0 Å². The van der Waals surface area contributed by atoms with Crippen LogP contribution in [0.5, 0.6) is 0 Å². The fourth-order valence-electron chi connectivity index (χ4n) is 2.05. The van der Waals surface area contributed by atoms with E-state index >= 15 is 0 Å². The van der Waals surface area contributed by atoms with Crippen molar-refractivity contribution in [3.05, 3.63) is 51.7 Å². The van der Waals surface area contributed by atoms with Gasteiger partial charge in [-0.25, -0.2) is 0 Å². The van der Waals surface area contributed by atoms with Gasteiger partial charge in [0.1, 0.15) is 0 Å². The maximum absolute atomic E-state index is 11.9. The van der Waals surface area contributed by atoms with Gasteiger partial charge in [0.05, 0.1) is 21.7 Å². The topological polar surface area (TPSA) is 87.3 Å². The van der Waals surface area contributed by atoms with Gasteiger partial charge in [-0.1, -0.05) is 12.1 Å². The lowest BCUT2D eigenvalue weighted by Crippen LogP contribution is -2.34. The van der Waals surface area contributed by atoms with Crippen LogP contribution in [0.4, 0.5) is 5.69 Å². The molecule has 0 fully saturated rings. The molecule has 110 valence electrons. The lowest BCUT2D eigenvalue weighted by atomic mass is 10.1. The first kappa shape index (κ1) is 14.4. The van der Waals surface area contributed by atoms with Crippen molar-refractivity contribution in [3.8, 4) is 0 Å². The Morgan fingerprint density at radius 3 is 2.68 bits per heavy atom. The van der Waals surface area contributed by atoms with Crippen LogP contribution in [0.3, 0.4) is 0 Å². The van der Waals surface area contributed by atoms with Crippen LogP contribution in [0.15, 0.2) is 35.7 Å². The van der Waals surface area contributed by atoms with E-state index in [1.165, 1.54) is 11.3 Å². The lowest BCUT2D eigenvalue weighted by molar-refractivity contribution is 0.0878. The molecule has 0 saturated carbocycles. The molecule has 0 bridgehead atoms. The van der Waals surface area contributed by atoms with E-state index in [2.05, 4.69) is 16.0 Å². The van der Waals surface area contributed by atoms with E-state index in [1.54, 1.807) is 35.7 Å².